The number of benzene rings is 1. The number of rotatable bonds is 4. The average molecular weight is 410 g/mol. The molecule has 0 saturated carbocycles. The van der Waals surface area contributed by atoms with Crippen LogP contribution in [0.15, 0.2) is 36.5 Å². The molecule has 1 aromatic heterocycles. The first-order valence-electron chi connectivity index (χ1n) is 9.94. The third-order valence-electron chi connectivity index (χ3n) is 5.52. The molecule has 1 aromatic carbocycles. The van der Waals surface area contributed by atoms with Crippen molar-refractivity contribution in [2.24, 2.45) is 0 Å². The Bertz CT molecular complexity index is 974. The molecule has 3 aliphatic rings. The van der Waals surface area contributed by atoms with Crippen LogP contribution >= 0.6 is 0 Å². The molecule has 5 rings (SSSR count). The summed E-state index contributed by atoms with van der Waals surface area (Å²) in [6.45, 7) is 3.75. The molecule has 0 bridgehead atoms. The number of piperazine rings is 1. The van der Waals surface area contributed by atoms with Gasteiger partial charge in [-0.25, -0.2) is 4.98 Å². The van der Waals surface area contributed by atoms with Crippen LogP contribution in [0.4, 0.5) is 5.82 Å². The number of aromatic nitrogens is 1. The van der Waals surface area contributed by atoms with Crippen LogP contribution in [0.25, 0.3) is 0 Å². The zero-order chi connectivity index (χ0) is 20.5. The first kappa shape index (κ1) is 18.7. The molecule has 0 N–H and O–H groups in total. The maximum Gasteiger partial charge on any atom is 0.266 e. The maximum absolute atomic E-state index is 12.8. The van der Waals surface area contributed by atoms with Gasteiger partial charge in [-0.1, -0.05) is 6.07 Å². The Morgan fingerprint density at radius 1 is 1.00 bits per heavy atom. The summed E-state index contributed by atoms with van der Waals surface area (Å²) in [6, 6.07) is 9.48. The third kappa shape index (κ3) is 3.63. The van der Waals surface area contributed by atoms with Crippen LogP contribution in [-0.2, 0) is 16.1 Å². The zero-order valence-corrected chi connectivity index (χ0v) is 16.5. The van der Waals surface area contributed by atoms with Gasteiger partial charge in [0.25, 0.3) is 5.91 Å². The highest BCUT2D eigenvalue weighted by Crippen LogP contribution is 2.33. The number of pyridine rings is 1. The molecule has 0 unspecified atom stereocenters. The first-order chi connectivity index (χ1) is 14.7. The lowest BCUT2D eigenvalue weighted by molar-refractivity contribution is -0.133. The summed E-state index contributed by atoms with van der Waals surface area (Å²) in [5, 5.41) is 0. The van der Waals surface area contributed by atoms with Crippen LogP contribution in [0.1, 0.15) is 5.56 Å². The second-order valence-electron chi connectivity index (χ2n) is 7.44. The number of nitrogens with zero attached hydrogens (tertiary/aromatic N) is 4. The van der Waals surface area contributed by atoms with Gasteiger partial charge < -0.3 is 19.1 Å². The van der Waals surface area contributed by atoms with Crippen molar-refractivity contribution in [2.75, 3.05) is 51.0 Å². The van der Waals surface area contributed by atoms with E-state index in [9.17, 15) is 9.59 Å². The normalized spacial score (nSPS) is 18.2. The number of carbonyl (C=O) groups excluding carboxylic acids is 2. The highest BCUT2D eigenvalue weighted by molar-refractivity contribution is 6.01. The van der Waals surface area contributed by atoms with Crippen molar-refractivity contribution in [1.29, 1.82) is 0 Å². The number of amides is 2. The second kappa shape index (κ2) is 7.83. The van der Waals surface area contributed by atoms with Gasteiger partial charge >= 0.3 is 0 Å². The van der Waals surface area contributed by atoms with Crippen LogP contribution in [0.2, 0.25) is 0 Å². The van der Waals surface area contributed by atoms with Crippen molar-refractivity contribution in [3.05, 3.63) is 42.1 Å². The monoisotopic (exact) mass is 410 g/mol. The number of ether oxygens (including phenoxy) is 3. The average Bonchev–Trinajstić information content (AvgIpc) is 3.24. The Labute approximate surface area is 173 Å². The van der Waals surface area contributed by atoms with Gasteiger partial charge in [-0.05, 0) is 29.8 Å². The smallest absolute Gasteiger partial charge is 0.266 e. The van der Waals surface area contributed by atoms with E-state index in [1.165, 1.54) is 4.90 Å². The van der Waals surface area contributed by atoms with E-state index in [4.69, 9.17) is 14.2 Å². The second-order valence-corrected chi connectivity index (χ2v) is 7.44. The molecule has 0 spiro atoms. The minimum absolute atomic E-state index is 0.0195. The molecule has 9 heteroatoms. The molecule has 9 nitrogen and oxygen atoms in total. The largest absolute Gasteiger partial charge is 0.480 e. The van der Waals surface area contributed by atoms with Gasteiger partial charge in [0.1, 0.15) is 6.54 Å². The van der Waals surface area contributed by atoms with E-state index in [0.29, 0.717) is 24.7 Å². The van der Waals surface area contributed by atoms with E-state index in [2.05, 4.69) is 9.88 Å². The number of hydrogen-bond donors (Lipinski definition) is 0. The molecular formula is C21H22N4O5. The van der Waals surface area contributed by atoms with E-state index in [-0.39, 0.29) is 31.8 Å². The number of hydrogen-bond acceptors (Lipinski definition) is 7. The van der Waals surface area contributed by atoms with Crippen molar-refractivity contribution >= 4 is 17.6 Å². The van der Waals surface area contributed by atoms with Gasteiger partial charge in [0.15, 0.2) is 29.7 Å². The summed E-state index contributed by atoms with van der Waals surface area (Å²) in [5.74, 6) is 2.16. The Morgan fingerprint density at radius 3 is 2.70 bits per heavy atom. The molecule has 2 aromatic rings. The zero-order valence-electron chi connectivity index (χ0n) is 16.5. The molecule has 0 aliphatic carbocycles. The summed E-state index contributed by atoms with van der Waals surface area (Å²) >= 11 is 0. The fourth-order valence-electron chi connectivity index (χ4n) is 3.88. The summed E-state index contributed by atoms with van der Waals surface area (Å²) in [6.07, 6.45) is 1.59. The molecule has 3 aliphatic heterocycles. The highest BCUT2D eigenvalue weighted by Gasteiger charge is 2.31. The SMILES string of the molecule is O=C(CN1C(=O)COc2cccnc21)N1CCN(Cc2ccc3c(c2)OCO3)CC1. The van der Waals surface area contributed by atoms with E-state index in [1.807, 2.05) is 23.1 Å². The minimum Gasteiger partial charge on any atom is -0.480 e. The predicted molar refractivity (Wildman–Crippen MR) is 107 cm³/mol. The van der Waals surface area contributed by atoms with E-state index in [0.717, 1.165) is 36.7 Å². The molecule has 0 atom stereocenters. The summed E-state index contributed by atoms with van der Waals surface area (Å²) < 4.78 is 16.2. The molecule has 156 valence electrons. The topological polar surface area (TPSA) is 84.4 Å². The minimum atomic E-state index is -0.254. The quantitative estimate of drug-likeness (QED) is 0.740. The Hall–Kier alpha value is -3.33. The third-order valence-corrected chi connectivity index (χ3v) is 5.52. The number of anilines is 1. The molecule has 4 heterocycles. The summed E-state index contributed by atoms with van der Waals surface area (Å²) in [5.41, 5.74) is 1.15. The fourth-order valence-corrected chi connectivity index (χ4v) is 3.88. The molecular weight excluding hydrogens is 388 g/mol. The molecule has 30 heavy (non-hydrogen) atoms. The maximum atomic E-state index is 12.8. The van der Waals surface area contributed by atoms with Crippen molar-refractivity contribution in [2.45, 2.75) is 6.54 Å². The highest BCUT2D eigenvalue weighted by atomic mass is 16.7. The summed E-state index contributed by atoms with van der Waals surface area (Å²) in [7, 11) is 0. The van der Waals surface area contributed by atoms with Gasteiger partial charge in [0.2, 0.25) is 12.7 Å². The van der Waals surface area contributed by atoms with Crippen LogP contribution in [0, 0.1) is 0 Å². The predicted octanol–water partition coefficient (Wildman–Crippen LogP) is 0.880. The van der Waals surface area contributed by atoms with Crippen molar-refractivity contribution < 1.29 is 23.8 Å². The van der Waals surface area contributed by atoms with Crippen molar-refractivity contribution in [3.8, 4) is 17.2 Å². The van der Waals surface area contributed by atoms with Crippen LogP contribution in [0.3, 0.4) is 0 Å². The number of carbonyl (C=O) groups is 2. The van der Waals surface area contributed by atoms with E-state index < -0.39 is 0 Å². The fraction of sp³-hybridized carbons (Fsp3) is 0.381. The molecule has 0 radical (unpaired) electrons. The Morgan fingerprint density at radius 2 is 1.83 bits per heavy atom. The first-order valence-corrected chi connectivity index (χ1v) is 9.94. The van der Waals surface area contributed by atoms with Crippen LogP contribution in [0.5, 0.6) is 17.2 Å². The lowest BCUT2D eigenvalue weighted by Gasteiger charge is -2.36. The van der Waals surface area contributed by atoms with Crippen molar-refractivity contribution in [3.63, 3.8) is 0 Å². The van der Waals surface area contributed by atoms with Crippen molar-refractivity contribution in [1.82, 2.24) is 14.8 Å². The van der Waals surface area contributed by atoms with Gasteiger partial charge in [-0.15, -0.1) is 0 Å². The standard InChI is InChI=1S/C21H22N4O5/c26-19(12-25-20(27)13-28-17-2-1-5-22-21(17)25)24-8-6-23(7-9-24)11-15-3-4-16-18(10-15)30-14-29-16/h1-5,10H,6-9,11-14H2. The molecule has 1 fully saturated rings. The molecule has 2 amide bonds. The van der Waals surface area contributed by atoms with Crippen LogP contribution < -0.4 is 19.1 Å². The lowest BCUT2D eigenvalue weighted by Crippen LogP contribution is -2.52. The lowest BCUT2D eigenvalue weighted by atomic mass is 10.1. The van der Waals surface area contributed by atoms with Gasteiger partial charge in [0, 0.05) is 38.9 Å². The van der Waals surface area contributed by atoms with Crippen LogP contribution in [-0.4, -0.2) is 72.7 Å². The van der Waals surface area contributed by atoms with E-state index >= 15 is 0 Å². The number of fused-ring (bicyclic) bond motifs is 2. The van der Waals surface area contributed by atoms with Gasteiger partial charge in [-0.2, -0.15) is 0 Å². The Balaban J connectivity index is 1.17. The van der Waals surface area contributed by atoms with E-state index in [1.54, 1.807) is 18.3 Å². The van der Waals surface area contributed by atoms with Gasteiger partial charge in [-0.3, -0.25) is 19.4 Å². The van der Waals surface area contributed by atoms with Gasteiger partial charge in [0.05, 0.1) is 0 Å². The summed E-state index contributed by atoms with van der Waals surface area (Å²) in [4.78, 5) is 34.8. The molecule has 1 saturated heterocycles. The Kier molecular flexibility index (Phi) is 4.88.